The fourth-order valence-corrected chi connectivity index (χ4v) is 7.41. The number of hydrogen-bond acceptors (Lipinski definition) is 8. The molecule has 0 radical (unpaired) electrons. The van der Waals surface area contributed by atoms with Crippen LogP contribution in [0, 0.1) is 28.6 Å². The number of ketones is 2. The maximum Gasteiger partial charge on any atom is 0.303 e. The number of ether oxygens (including phenoxy) is 2. The van der Waals surface area contributed by atoms with Gasteiger partial charge in [0.25, 0.3) is 0 Å². The molecule has 0 aromatic heterocycles. The van der Waals surface area contributed by atoms with Gasteiger partial charge in [0.2, 0.25) is 5.78 Å². The molecule has 4 rings (SSSR count). The number of aliphatic hydroxyl groups excluding tert-OH is 1. The van der Waals surface area contributed by atoms with Crippen molar-refractivity contribution in [2.45, 2.75) is 71.2 Å². The van der Waals surface area contributed by atoms with Gasteiger partial charge in [0, 0.05) is 30.6 Å². The summed E-state index contributed by atoms with van der Waals surface area (Å²) >= 11 is 0. The van der Waals surface area contributed by atoms with Crippen LogP contribution in [-0.2, 0) is 28.7 Å². The molecule has 0 aromatic carbocycles. The molecule has 0 aliphatic heterocycles. The number of Topliss-reactive ketones (excluding diaryl/α,β-unsaturated/α-hetero) is 1. The lowest BCUT2D eigenvalue weighted by Crippen LogP contribution is -2.64. The minimum absolute atomic E-state index is 0.0571. The van der Waals surface area contributed by atoms with E-state index in [1.165, 1.54) is 13.8 Å². The molecule has 180 valence electrons. The summed E-state index contributed by atoms with van der Waals surface area (Å²) in [6.07, 6.45) is 4.88. The van der Waals surface area contributed by atoms with E-state index in [1.807, 2.05) is 13.0 Å². The topological polar surface area (TPSA) is 127 Å². The van der Waals surface area contributed by atoms with Crippen LogP contribution in [0.2, 0.25) is 0 Å². The molecule has 0 saturated heterocycles. The van der Waals surface area contributed by atoms with Gasteiger partial charge in [-0.25, -0.2) is 0 Å². The zero-order valence-corrected chi connectivity index (χ0v) is 19.5. The summed E-state index contributed by atoms with van der Waals surface area (Å²) in [6.45, 7) is 5.67. The summed E-state index contributed by atoms with van der Waals surface area (Å²) in [7, 11) is 0. The SMILES string of the molecule is CC(=O)OCC(=O)[C@@]1(O)[C@H](O)C[C@@H]2[C@@H]3CCC4=CC(=O)C=C[C@]4(C)[C@@H]3[C@H](OC(C)=O)C[C@@]21C. The molecule has 3 saturated carbocycles. The number of carbonyl (C=O) groups is 4. The molecule has 8 atom stereocenters. The Morgan fingerprint density at radius 3 is 2.52 bits per heavy atom. The molecule has 3 fully saturated rings. The van der Waals surface area contributed by atoms with Gasteiger partial charge < -0.3 is 19.7 Å². The first kappa shape index (κ1) is 23.8. The molecule has 33 heavy (non-hydrogen) atoms. The first-order valence-electron chi connectivity index (χ1n) is 11.5. The predicted molar refractivity (Wildman–Crippen MR) is 116 cm³/mol. The van der Waals surface area contributed by atoms with E-state index in [1.54, 1.807) is 19.1 Å². The Kier molecular flexibility index (Phi) is 5.69. The standard InChI is InChI=1S/C25H32O8/c1-13(26)32-12-21(30)25(31)20(29)10-18-17-6-5-15-9-16(28)7-8-23(15,3)22(17)19(33-14(2)27)11-24(18,25)4/h7-9,17-20,22,29,31H,5-6,10-12H2,1-4H3/t17-,18+,19+,20+,22-,23-,24-,25-/m0/s1. The smallest absolute Gasteiger partial charge is 0.303 e. The van der Waals surface area contributed by atoms with Gasteiger partial charge in [-0.05, 0) is 49.7 Å². The molecular weight excluding hydrogens is 428 g/mol. The number of carbonyl (C=O) groups excluding carboxylic acids is 4. The fourth-order valence-electron chi connectivity index (χ4n) is 7.41. The fraction of sp³-hybridized carbons (Fsp3) is 0.680. The van der Waals surface area contributed by atoms with Crippen LogP contribution >= 0.6 is 0 Å². The van der Waals surface area contributed by atoms with Gasteiger partial charge in [-0.3, -0.25) is 19.2 Å². The van der Waals surface area contributed by atoms with Crippen LogP contribution in [0.25, 0.3) is 0 Å². The quantitative estimate of drug-likeness (QED) is 0.607. The molecule has 0 unspecified atom stereocenters. The van der Waals surface area contributed by atoms with Gasteiger partial charge in [-0.1, -0.05) is 25.5 Å². The second kappa shape index (κ2) is 7.87. The molecule has 0 heterocycles. The highest BCUT2D eigenvalue weighted by atomic mass is 16.5. The van der Waals surface area contributed by atoms with E-state index in [9.17, 15) is 29.4 Å². The van der Waals surface area contributed by atoms with Crippen molar-refractivity contribution in [2.24, 2.45) is 28.6 Å². The van der Waals surface area contributed by atoms with E-state index in [2.05, 4.69) is 0 Å². The van der Waals surface area contributed by atoms with Crippen LogP contribution in [0.4, 0.5) is 0 Å². The predicted octanol–water partition coefficient (Wildman–Crippen LogP) is 1.67. The molecule has 4 aliphatic carbocycles. The van der Waals surface area contributed by atoms with Crippen molar-refractivity contribution in [3.05, 3.63) is 23.8 Å². The largest absolute Gasteiger partial charge is 0.462 e. The van der Waals surface area contributed by atoms with E-state index in [0.29, 0.717) is 12.8 Å². The van der Waals surface area contributed by atoms with Crippen molar-refractivity contribution >= 4 is 23.5 Å². The second-order valence-corrected chi connectivity index (χ2v) is 10.5. The van der Waals surface area contributed by atoms with Crippen LogP contribution in [0.15, 0.2) is 23.8 Å². The molecule has 2 N–H and O–H groups in total. The molecule has 8 heteroatoms. The molecule has 8 nitrogen and oxygen atoms in total. The zero-order chi connectivity index (χ0) is 24.3. The lowest BCUT2D eigenvalue weighted by Gasteiger charge is -2.59. The summed E-state index contributed by atoms with van der Waals surface area (Å²) in [5.41, 5.74) is -2.73. The summed E-state index contributed by atoms with van der Waals surface area (Å²) in [6, 6.07) is 0. The Morgan fingerprint density at radius 2 is 1.88 bits per heavy atom. The highest BCUT2D eigenvalue weighted by Gasteiger charge is 2.72. The Bertz CT molecular complexity index is 965. The first-order chi connectivity index (χ1) is 15.3. The van der Waals surface area contributed by atoms with Crippen LogP contribution < -0.4 is 0 Å². The van der Waals surface area contributed by atoms with Gasteiger partial charge in [0.05, 0.1) is 6.10 Å². The lowest BCUT2D eigenvalue weighted by molar-refractivity contribution is -0.200. The van der Waals surface area contributed by atoms with Crippen molar-refractivity contribution < 1.29 is 38.9 Å². The van der Waals surface area contributed by atoms with Crippen LogP contribution in [0.1, 0.15) is 53.4 Å². The molecule has 0 spiro atoms. The number of rotatable bonds is 4. The van der Waals surface area contributed by atoms with E-state index < -0.39 is 53.0 Å². The Labute approximate surface area is 193 Å². The molecular formula is C25H32O8. The van der Waals surface area contributed by atoms with Crippen LogP contribution in [-0.4, -0.2) is 58.1 Å². The van der Waals surface area contributed by atoms with E-state index >= 15 is 0 Å². The number of fused-ring (bicyclic) bond motifs is 5. The van der Waals surface area contributed by atoms with Gasteiger partial charge >= 0.3 is 11.9 Å². The summed E-state index contributed by atoms with van der Waals surface area (Å²) in [4.78, 5) is 48.5. The van der Waals surface area contributed by atoms with Crippen molar-refractivity contribution in [3.8, 4) is 0 Å². The lowest BCUT2D eigenvalue weighted by atomic mass is 9.46. The van der Waals surface area contributed by atoms with Crippen molar-refractivity contribution in [3.63, 3.8) is 0 Å². The number of allylic oxidation sites excluding steroid dienone is 4. The van der Waals surface area contributed by atoms with E-state index in [4.69, 9.17) is 9.47 Å². The van der Waals surface area contributed by atoms with Crippen LogP contribution in [0.3, 0.4) is 0 Å². The summed E-state index contributed by atoms with van der Waals surface area (Å²) in [5, 5.41) is 22.6. The van der Waals surface area contributed by atoms with Crippen LogP contribution in [0.5, 0.6) is 0 Å². The van der Waals surface area contributed by atoms with Gasteiger partial charge in [-0.15, -0.1) is 0 Å². The number of aliphatic hydroxyl groups is 2. The molecule has 0 bridgehead atoms. The second-order valence-electron chi connectivity index (χ2n) is 10.5. The summed E-state index contributed by atoms with van der Waals surface area (Å²) in [5.74, 6) is -2.38. The Morgan fingerprint density at radius 1 is 1.18 bits per heavy atom. The van der Waals surface area contributed by atoms with Crippen molar-refractivity contribution in [2.75, 3.05) is 6.61 Å². The van der Waals surface area contributed by atoms with Gasteiger partial charge in [0.15, 0.2) is 18.0 Å². The van der Waals surface area contributed by atoms with Crippen molar-refractivity contribution in [1.29, 1.82) is 0 Å². The maximum absolute atomic E-state index is 13.1. The molecule has 0 amide bonds. The first-order valence-corrected chi connectivity index (χ1v) is 11.5. The van der Waals surface area contributed by atoms with Gasteiger partial charge in [0.1, 0.15) is 6.10 Å². The van der Waals surface area contributed by atoms with E-state index in [0.717, 1.165) is 5.57 Å². The number of esters is 2. The average molecular weight is 461 g/mol. The van der Waals surface area contributed by atoms with E-state index in [-0.39, 0.29) is 36.4 Å². The number of hydrogen-bond donors (Lipinski definition) is 2. The maximum atomic E-state index is 13.1. The minimum Gasteiger partial charge on any atom is -0.462 e. The normalized spacial score (nSPS) is 43.6. The molecule has 0 aromatic rings. The third-order valence-corrected chi connectivity index (χ3v) is 8.84. The zero-order valence-electron chi connectivity index (χ0n) is 19.5. The monoisotopic (exact) mass is 460 g/mol. The Balaban J connectivity index is 1.77. The highest BCUT2D eigenvalue weighted by molar-refractivity contribution is 6.01. The average Bonchev–Trinajstić information content (AvgIpc) is 2.93. The van der Waals surface area contributed by atoms with Gasteiger partial charge in [-0.2, -0.15) is 0 Å². The summed E-state index contributed by atoms with van der Waals surface area (Å²) < 4.78 is 10.7. The molecule has 4 aliphatic rings. The minimum atomic E-state index is -2.13. The Hall–Kier alpha value is -2.32. The third-order valence-electron chi connectivity index (χ3n) is 8.84. The third kappa shape index (κ3) is 3.41. The highest BCUT2D eigenvalue weighted by Crippen LogP contribution is 2.67. The van der Waals surface area contributed by atoms with Crippen molar-refractivity contribution in [1.82, 2.24) is 0 Å².